The van der Waals surface area contributed by atoms with Crippen molar-refractivity contribution in [2.45, 2.75) is 12.6 Å². The van der Waals surface area contributed by atoms with Crippen LogP contribution in [0.3, 0.4) is 0 Å². The average molecular weight is 511 g/mol. The molecule has 0 spiro atoms. The Morgan fingerprint density at radius 1 is 0.757 bits per heavy atom. The smallest absolute Gasteiger partial charge is 0.183 e. The van der Waals surface area contributed by atoms with Crippen molar-refractivity contribution in [2.24, 2.45) is 0 Å². The Kier molecular flexibility index (Phi) is 8.00. The van der Waals surface area contributed by atoms with Gasteiger partial charge < -0.3 is 4.74 Å². The van der Waals surface area contributed by atoms with Crippen LogP contribution in [-0.4, -0.2) is 43.1 Å². The van der Waals surface area contributed by atoms with Gasteiger partial charge in [0.1, 0.15) is 5.75 Å². The van der Waals surface area contributed by atoms with Crippen LogP contribution in [0.15, 0.2) is 108 Å². The predicted molar refractivity (Wildman–Crippen MR) is 151 cm³/mol. The van der Waals surface area contributed by atoms with Crippen molar-refractivity contribution < 1.29 is 4.74 Å². The number of ether oxygens (including phenoxy) is 1. The number of hydrogen-bond acceptors (Lipinski definition) is 4. The fraction of sp³-hybridized carbons (Fsp3) is 0.219. The van der Waals surface area contributed by atoms with Crippen LogP contribution < -0.4 is 10.2 Å². The van der Waals surface area contributed by atoms with Crippen LogP contribution in [0.2, 0.25) is 5.02 Å². The Morgan fingerprint density at radius 3 is 2.14 bits per heavy atom. The van der Waals surface area contributed by atoms with E-state index < -0.39 is 0 Å². The molecule has 1 aliphatic heterocycles. The molecule has 1 atom stereocenters. The van der Waals surface area contributed by atoms with Gasteiger partial charge in [0, 0.05) is 48.9 Å². The topological polar surface area (TPSA) is 32.8 Å². The molecule has 1 fully saturated rings. The van der Waals surface area contributed by atoms with Crippen molar-refractivity contribution in [1.29, 1.82) is 0 Å². The molecular weight excluding hydrogens is 480 g/mol. The number of nitrogens with zero attached hydrogens (tertiary/aromatic N) is 2. The maximum atomic E-state index is 12.9. The number of para-hydroxylation sites is 1. The molecule has 5 heteroatoms. The van der Waals surface area contributed by atoms with Gasteiger partial charge in [-0.3, -0.25) is 14.6 Å². The third-order valence-electron chi connectivity index (χ3n) is 7.08. The first-order chi connectivity index (χ1) is 18.1. The Balaban J connectivity index is 1.31. The predicted octanol–water partition coefficient (Wildman–Crippen LogP) is 6.28. The summed E-state index contributed by atoms with van der Waals surface area (Å²) in [5.74, 6) is 0.799. The number of methoxy groups -OCH3 is 1. The van der Waals surface area contributed by atoms with E-state index in [0.29, 0.717) is 6.54 Å². The molecule has 1 aliphatic rings. The van der Waals surface area contributed by atoms with E-state index in [1.165, 1.54) is 11.1 Å². The first-order valence-corrected chi connectivity index (χ1v) is 13.0. The standard InChI is InChI=1S/C32H31ClN2O2/c1-37-31-10-6-5-9-29(31)24-11-12-27(30(36)18-15-24)23-34-19-21-35(22-20-34)32(25-7-3-2-4-8-25)26-13-16-28(33)17-14-26/h2-18,32H,19-23H2,1H3. The Hall–Kier alpha value is -3.44. The first kappa shape index (κ1) is 25.2. The summed E-state index contributed by atoms with van der Waals surface area (Å²) >= 11 is 6.17. The Labute approximate surface area is 223 Å². The summed E-state index contributed by atoms with van der Waals surface area (Å²) in [6.45, 7) is 4.27. The average Bonchev–Trinajstić information content (AvgIpc) is 3.12. The summed E-state index contributed by atoms with van der Waals surface area (Å²) in [5.41, 5.74) is 5.34. The van der Waals surface area contributed by atoms with Crippen molar-refractivity contribution >= 4 is 11.6 Å². The third-order valence-corrected chi connectivity index (χ3v) is 7.33. The van der Waals surface area contributed by atoms with Gasteiger partial charge in [-0.15, -0.1) is 0 Å². The quantitative estimate of drug-likeness (QED) is 0.293. The first-order valence-electron chi connectivity index (χ1n) is 12.7. The summed E-state index contributed by atoms with van der Waals surface area (Å²) in [6.07, 6.45) is 0. The molecule has 0 bridgehead atoms. The van der Waals surface area contributed by atoms with Gasteiger partial charge in [0.05, 0.1) is 13.2 Å². The van der Waals surface area contributed by atoms with Crippen molar-refractivity contribution in [1.82, 2.24) is 9.80 Å². The highest BCUT2D eigenvalue weighted by Gasteiger charge is 2.26. The van der Waals surface area contributed by atoms with E-state index in [0.717, 1.165) is 53.6 Å². The molecule has 5 rings (SSSR count). The maximum absolute atomic E-state index is 12.9. The molecular formula is C32H31ClN2O2. The minimum Gasteiger partial charge on any atom is -0.496 e. The summed E-state index contributed by atoms with van der Waals surface area (Å²) in [6, 6.07) is 34.4. The number of hydrogen-bond donors (Lipinski definition) is 0. The molecule has 4 aromatic carbocycles. The molecule has 0 radical (unpaired) electrons. The van der Waals surface area contributed by atoms with Gasteiger partial charge >= 0.3 is 0 Å². The lowest BCUT2D eigenvalue weighted by Crippen LogP contribution is -2.47. The highest BCUT2D eigenvalue weighted by molar-refractivity contribution is 6.30. The number of benzene rings is 3. The van der Waals surface area contributed by atoms with Crippen LogP contribution in [0.4, 0.5) is 0 Å². The second-order valence-electron chi connectivity index (χ2n) is 9.39. The minimum absolute atomic E-state index is 0.0619. The van der Waals surface area contributed by atoms with Crippen molar-refractivity contribution in [3.63, 3.8) is 0 Å². The number of piperazine rings is 1. The maximum Gasteiger partial charge on any atom is 0.183 e. The monoisotopic (exact) mass is 510 g/mol. The van der Waals surface area contributed by atoms with Gasteiger partial charge in [-0.2, -0.15) is 0 Å². The van der Waals surface area contributed by atoms with E-state index in [2.05, 4.69) is 52.3 Å². The summed E-state index contributed by atoms with van der Waals surface area (Å²) in [5, 5.41) is 0.749. The van der Waals surface area contributed by atoms with Crippen molar-refractivity contribution in [2.75, 3.05) is 33.3 Å². The van der Waals surface area contributed by atoms with Crippen LogP contribution in [0.25, 0.3) is 11.1 Å². The molecule has 1 saturated heterocycles. The molecule has 0 aromatic heterocycles. The fourth-order valence-electron chi connectivity index (χ4n) is 5.11. The van der Waals surface area contributed by atoms with Crippen LogP contribution in [0.5, 0.6) is 5.75 Å². The van der Waals surface area contributed by atoms with E-state index in [-0.39, 0.29) is 11.5 Å². The van der Waals surface area contributed by atoms with Crippen LogP contribution in [0.1, 0.15) is 22.7 Å². The zero-order valence-electron chi connectivity index (χ0n) is 21.0. The van der Waals surface area contributed by atoms with Gasteiger partial charge in [0.15, 0.2) is 5.43 Å². The molecule has 0 N–H and O–H groups in total. The Bertz CT molecular complexity index is 1380. The molecule has 0 aliphatic carbocycles. The molecule has 188 valence electrons. The number of rotatable bonds is 7. The van der Waals surface area contributed by atoms with Gasteiger partial charge in [0.2, 0.25) is 0 Å². The lowest BCUT2D eigenvalue weighted by atomic mass is 9.96. The molecule has 0 amide bonds. The van der Waals surface area contributed by atoms with Gasteiger partial charge in [-0.1, -0.05) is 90.5 Å². The SMILES string of the molecule is COc1ccccc1-c1ccc(CN2CCN(C(c3ccccc3)c3ccc(Cl)cc3)CC2)c(=O)cc1. The third kappa shape index (κ3) is 5.94. The van der Waals surface area contributed by atoms with E-state index in [9.17, 15) is 4.79 Å². The van der Waals surface area contributed by atoms with Crippen LogP contribution >= 0.6 is 11.6 Å². The molecule has 1 unspecified atom stereocenters. The van der Waals surface area contributed by atoms with Crippen LogP contribution in [-0.2, 0) is 6.54 Å². The van der Waals surface area contributed by atoms with Crippen LogP contribution in [0, 0.1) is 0 Å². The van der Waals surface area contributed by atoms with Crippen molar-refractivity contribution in [3.05, 3.63) is 135 Å². The number of halogens is 1. The summed E-state index contributed by atoms with van der Waals surface area (Å²) in [4.78, 5) is 17.8. The highest BCUT2D eigenvalue weighted by atomic mass is 35.5. The molecule has 4 aromatic rings. The minimum atomic E-state index is 0.0619. The molecule has 0 saturated carbocycles. The zero-order valence-corrected chi connectivity index (χ0v) is 21.8. The van der Waals surface area contributed by atoms with E-state index >= 15 is 0 Å². The van der Waals surface area contributed by atoms with Gasteiger partial charge in [-0.25, -0.2) is 0 Å². The molecule has 1 heterocycles. The van der Waals surface area contributed by atoms with Gasteiger partial charge in [-0.05, 0) is 41.0 Å². The lowest BCUT2D eigenvalue weighted by Gasteiger charge is -2.39. The summed E-state index contributed by atoms with van der Waals surface area (Å²) < 4.78 is 5.51. The molecule has 37 heavy (non-hydrogen) atoms. The second kappa shape index (κ2) is 11.7. The molecule has 4 nitrogen and oxygen atoms in total. The summed E-state index contributed by atoms with van der Waals surface area (Å²) in [7, 11) is 1.67. The van der Waals surface area contributed by atoms with E-state index in [4.69, 9.17) is 16.3 Å². The highest BCUT2D eigenvalue weighted by Crippen LogP contribution is 2.31. The zero-order chi connectivity index (χ0) is 25.6. The fourth-order valence-corrected chi connectivity index (χ4v) is 5.23. The largest absolute Gasteiger partial charge is 0.496 e. The van der Waals surface area contributed by atoms with Crippen molar-refractivity contribution in [3.8, 4) is 16.9 Å². The normalized spacial score (nSPS) is 15.3. The van der Waals surface area contributed by atoms with E-state index in [1.54, 1.807) is 13.2 Å². The lowest BCUT2D eigenvalue weighted by molar-refractivity contribution is 0.104. The van der Waals surface area contributed by atoms with E-state index in [1.807, 2.05) is 54.6 Å². The Morgan fingerprint density at radius 2 is 1.41 bits per heavy atom. The van der Waals surface area contributed by atoms with Gasteiger partial charge in [0.25, 0.3) is 0 Å². The second-order valence-corrected chi connectivity index (χ2v) is 9.83.